The zero-order valence-electron chi connectivity index (χ0n) is 19.8. The molecule has 0 unspecified atom stereocenters. The number of aryl methyl sites for hydroxylation is 2. The Morgan fingerprint density at radius 2 is 1.06 bits per heavy atom. The fourth-order valence-electron chi connectivity index (χ4n) is 4.77. The molecule has 0 aliphatic heterocycles. The van der Waals surface area contributed by atoms with Gasteiger partial charge in [0.1, 0.15) is 0 Å². The van der Waals surface area contributed by atoms with Gasteiger partial charge in [0.05, 0.1) is 11.0 Å². The third-order valence-corrected chi connectivity index (χ3v) is 6.25. The van der Waals surface area contributed by atoms with Crippen LogP contribution in [0.25, 0.3) is 44.1 Å². The average Bonchev–Trinajstić information content (AvgIpc) is 2.84. The Hall–Kier alpha value is -4.04. The largest absolute Gasteiger partial charge is 0.251 e. The van der Waals surface area contributed by atoms with Gasteiger partial charge in [0.15, 0.2) is 0 Å². The Kier molecular flexibility index (Phi) is 5.81. The van der Waals surface area contributed by atoms with E-state index < -0.39 is 0 Å². The van der Waals surface area contributed by atoms with Gasteiger partial charge >= 0.3 is 0 Å². The molecule has 0 bridgehead atoms. The molecule has 34 heavy (non-hydrogen) atoms. The van der Waals surface area contributed by atoms with Crippen LogP contribution in [0.1, 0.15) is 22.5 Å². The third-order valence-electron chi connectivity index (χ3n) is 6.25. The number of rotatable bonds is 6. The summed E-state index contributed by atoms with van der Waals surface area (Å²) in [6.07, 6.45) is 5.60. The lowest BCUT2D eigenvalue weighted by molar-refractivity contribution is 1.23. The molecule has 0 saturated heterocycles. The summed E-state index contributed by atoms with van der Waals surface area (Å²) >= 11 is 0. The highest BCUT2D eigenvalue weighted by Gasteiger charge is 2.14. The van der Waals surface area contributed by atoms with Gasteiger partial charge in [0.2, 0.25) is 0 Å². The van der Waals surface area contributed by atoms with Crippen LogP contribution >= 0.6 is 0 Å². The first-order chi connectivity index (χ1) is 16.6. The molecule has 0 atom stereocenters. The molecular weight excluding hydrogens is 412 g/mol. The predicted octanol–water partition coefficient (Wildman–Crippen LogP) is 8.19. The van der Waals surface area contributed by atoms with E-state index in [1.807, 2.05) is 12.2 Å². The second-order valence-electron chi connectivity index (χ2n) is 8.87. The highest BCUT2D eigenvalue weighted by atomic mass is 14.8. The van der Waals surface area contributed by atoms with Gasteiger partial charge in [-0.1, -0.05) is 72.8 Å². The first kappa shape index (κ1) is 21.8. The minimum atomic E-state index is 0.855. The smallest absolute Gasteiger partial charge is 0.0974 e. The van der Waals surface area contributed by atoms with Crippen molar-refractivity contribution in [2.45, 2.75) is 26.7 Å². The van der Waals surface area contributed by atoms with Crippen molar-refractivity contribution in [2.75, 3.05) is 0 Å². The van der Waals surface area contributed by atoms with Crippen molar-refractivity contribution < 1.29 is 0 Å². The molecule has 0 aliphatic carbocycles. The Labute approximate surface area is 201 Å². The van der Waals surface area contributed by atoms with E-state index in [0.29, 0.717) is 0 Å². The Morgan fingerprint density at radius 3 is 1.47 bits per heavy atom. The maximum Gasteiger partial charge on any atom is 0.0974 e. The maximum atomic E-state index is 4.98. The molecule has 2 nitrogen and oxygen atoms in total. The summed E-state index contributed by atoms with van der Waals surface area (Å²) in [5.41, 5.74) is 11.2. The number of aromatic nitrogens is 2. The van der Waals surface area contributed by atoms with Gasteiger partial charge < -0.3 is 0 Å². The minimum absolute atomic E-state index is 0.855. The Balaban J connectivity index is 1.78. The fourth-order valence-corrected chi connectivity index (χ4v) is 4.77. The number of hydrogen-bond acceptors (Lipinski definition) is 2. The van der Waals surface area contributed by atoms with E-state index in [1.165, 1.54) is 33.4 Å². The molecule has 0 saturated carbocycles. The molecule has 0 N–H and O–H groups in total. The summed E-state index contributed by atoms with van der Waals surface area (Å²) in [6, 6.07) is 26.1. The second kappa shape index (κ2) is 9.07. The van der Waals surface area contributed by atoms with Gasteiger partial charge in [0.25, 0.3) is 0 Å². The molecule has 3 aromatic carbocycles. The molecule has 166 valence electrons. The first-order valence-electron chi connectivity index (χ1n) is 11.7. The van der Waals surface area contributed by atoms with Gasteiger partial charge in [-0.15, -0.1) is 13.2 Å². The summed E-state index contributed by atoms with van der Waals surface area (Å²) in [7, 11) is 0. The second-order valence-corrected chi connectivity index (χ2v) is 8.87. The van der Waals surface area contributed by atoms with Gasteiger partial charge in [-0.25, -0.2) is 0 Å². The molecule has 2 aromatic heterocycles. The van der Waals surface area contributed by atoms with Crippen molar-refractivity contribution in [3.8, 4) is 22.3 Å². The number of fused-ring (bicyclic) bond motifs is 3. The lowest BCUT2D eigenvalue weighted by Gasteiger charge is -2.14. The zero-order valence-corrected chi connectivity index (χ0v) is 19.8. The average molecular weight is 441 g/mol. The van der Waals surface area contributed by atoms with Crippen LogP contribution in [0.5, 0.6) is 0 Å². The standard InChI is InChI=1S/C32H28N2/c1-5-9-23-11-7-13-25(19-23)29-17-21(3)33-31-27(29)15-16-28-30(18-22(4)34-32(28)31)26-14-8-12-24(20-26)10-6-2/h5-8,11-20H,1-2,9-10H2,3-4H3. The lowest BCUT2D eigenvalue weighted by Crippen LogP contribution is -1.95. The minimum Gasteiger partial charge on any atom is -0.251 e. The molecule has 0 aliphatic rings. The zero-order chi connectivity index (χ0) is 23.7. The van der Waals surface area contributed by atoms with Crippen molar-refractivity contribution >= 4 is 21.8 Å². The van der Waals surface area contributed by atoms with Crippen LogP contribution in [0, 0.1) is 13.8 Å². The van der Waals surface area contributed by atoms with Crippen LogP contribution in [0.4, 0.5) is 0 Å². The molecule has 0 fully saturated rings. The summed E-state index contributed by atoms with van der Waals surface area (Å²) in [5, 5.41) is 2.25. The molecule has 2 heterocycles. The van der Waals surface area contributed by atoms with Crippen molar-refractivity contribution in [2.24, 2.45) is 0 Å². The number of hydrogen-bond donors (Lipinski definition) is 0. The molecule has 5 aromatic rings. The molecule has 0 amide bonds. The molecule has 2 heteroatoms. The SMILES string of the molecule is C=CCc1cccc(-c2cc(C)nc3c2ccc2c(-c4cccc(CC=C)c4)cc(C)nc23)c1. The van der Waals surface area contributed by atoms with Crippen LogP contribution in [-0.4, -0.2) is 9.97 Å². The summed E-state index contributed by atoms with van der Waals surface area (Å²) in [4.78, 5) is 9.96. The van der Waals surface area contributed by atoms with E-state index in [2.05, 4.69) is 99.8 Å². The van der Waals surface area contributed by atoms with E-state index in [1.54, 1.807) is 0 Å². The Bertz CT molecular complexity index is 1440. The number of allylic oxidation sites excluding steroid dienone is 2. The van der Waals surface area contributed by atoms with E-state index >= 15 is 0 Å². The maximum absolute atomic E-state index is 4.98. The highest BCUT2D eigenvalue weighted by Crippen LogP contribution is 2.36. The van der Waals surface area contributed by atoms with Crippen molar-refractivity contribution in [3.05, 3.63) is 121 Å². The molecule has 0 spiro atoms. The molecule has 5 rings (SSSR count). The van der Waals surface area contributed by atoms with E-state index in [-0.39, 0.29) is 0 Å². The van der Waals surface area contributed by atoms with Crippen LogP contribution in [-0.2, 0) is 12.8 Å². The summed E-state index contributed by atoms with van der Waals surface area (Å²) < 4.78 is 0. The highest BCUT2D eigenvalue weighted by molar-refractivity contribution is 6.12. The molecule has 0 radical (unpaired) electrons. The number of pyridine rings is 2. The van der Waals surface area contributed by atoms with Crippen LogP contribution < -0.4 is 0 Å². The topological polar surface area (TPSA) is 25.8 Å². The molecular formula is C32H28N2. The van der Waals surface area contributed by atoms with Gasteiger partial charge in [0, 0.05) is 22.2 Å². The lowest BCUT2D eigenvalue weighted by atomic mass is 9.94. The van der Waals surface area contributed by atoms with Gasteiger partial charge in [-0.05, 0) is 72.2 Å². The van der Waals surface area contributed by atoms with Crippen molar-refractivity contribution in [1.82, 2.24) is 9.97 Å². The monoisotopic (exact) mass is 440 g/mol. The van der Waals surface area contributed by atoms with E-state index in [0.717, 1.165) is 46.0 Å². The van der Waals surface area contributed by atoms with Gasteiger partial charge in [-0.2, -0.15) is 0 Å². The van der Waals surface area contributed by atoms with Crippen LogP contribution in [0.3, 0.4) is 0 Å². The number of benzene rings is 3. The first-order valence-corrected chi connectivity index (χ1v) is 11.7. The van der Waals surface area contributed by atoms with E-state index in [4.69, 9.17) is 9.97 Å². The normalized spacial score (nSPS) is 11.1. The quantitative estimate of drug-likeness (QED) is 0.196. The third kappa shape index (κ3) is 4.04. The Morgan fingerprint density at radius 1 is 0.618 bits per heavy atom. The van der Waals surface area contributed by atoms with E-state index in [9.17, 15) is 0 Å². The predicted molar refractivity (Wildman–Crippen MR) is 145 cm³/mol. The number of nitrogens with zero attached hydrogens (tertiary/aromatic N) is 2. The van der Waals surface area contributed by atoms with Crippen LogP contribution in [0.15, 0.2) is 98.1 Å². The fraction of sp³-hybridized carbons (Fsp3) is 0.125. The van der Waals surface area contributed by atoms with Crippen molar-refractivity contribution in [3.63, 3.8) is 0 Å². The summed E-state index contributed by atoms with van der Waals surface area (Å²) in [6.45, 7) is 11.9. The van der Waals surface area contributed by atoms with Crippen LogP contribution in [0.2, 0.25) is 0 Å². The van der Waals surface area contributed by atoms with Crippen molar-refractivity contribution in [1.29, 1.82) is 0 Å². The van der Waals surface area contributed by atoms with Gasteiger partial charge in [-0.3, -0.25) is 9.97 Å². The summed E-state index contributed by atoms with van der Waals surface area (Å²) in [5.74, 6) is 0.